The van der Waals surface area contributed by atoms with E-state index in [1.165, 1.54) is 12.3 Å². The lowest BCUT2D eigenvalue weighted by Crippen LogP contribution is -2.58. The van der Waals surface area contributed by atoms with E-state index in [4.69, 9.17) is 12.2 Å². The third kappa shape index (κ3) is 4.90. The SMILES string of the molecule is CC(C)C1CN(c2ccc(-c3ccc(F)nc3)nn2)CCN1C(=S)Nc1cccc2ncccc12. The molecule has 1 atom stereocenters. The van der Waals surface area contributed by atoms with Gasteiger partial charge in [-0.2, -0.15) is 4.39 Å². The van der Waals surface area contributed by atoms with Crippen LogP contribution < -0.4 is 10.2 Å². The summed E-state index contributed by atoms with van der Waals surface area (Å²) in [5.41, 5.74) is 3.29. The number of hydrogen-bond acceptors (Lipinski definition) is 6. The molecule has 0 bridgehead atoms. The van der Waals surface area contributed by atoms with E-state index in [0.717, 1.165) is 47.6 Å². The molecule has 7 nitrogen and oxygen atoms in total. The van der Waals surface area contributed by atoms with E-state index in [0.29, 0.717) is 16.7 Å². The van der Waals surface area contributed by atoms with Crippen LogP contribution in [0, 0.1) is 11.9 Å². The highest BCUT2D eigenvalue weighted by atomic mass is 32.1. The zero-order valence-electron chi connectivity index (χ0n) is 19.6. The summed E-state index contributed by atoms with van der Waals surface area (Å²) in [6, 6.07) is 17.0. The standard InChI is InChI=1S/C26H26FN7S/c1-17(2)23-16-33(25-11-9-20(31-32-25)18-8-10-24(27)29-15-18)13-14-34(23)26(35)30-22-7-3-6-21-19(22)5-4-12-28-21/h3-12,15,17,23H,13-14,16H2,1-2H3,(H,30,35). The second kappa shape index (κ2) is 9.87. The fraction of sp³-hybridized carbons (Fsp3) is 0.269. The van der Waals surface area contributed by atoms with Crippen LogP contribution in [0.25, 0.3) is 22.2 Å². The maximum absolute atomic E-state index is 13.1. The molecule has 35 heavy (non-hydrogen) atoms. The van der Waals surface area contributed by atoms with Crippen molar-refractivity contribution in [1.82, 2.24) is 25.1 Å². The zero-order valence-corrected chi connectivity index (χ0v) is 20.4. The Hall–Kier alpha value is -3.72. The first-order valence-corrected chi connectivity index (χ1v) is 12.0. The van der Waals surface area contributed by atoms with Crippen molar-refractivity contribution in [2.24, 2.45) is 5.92 Å². The lowest BCUT2D eigenvalue weighted by Gasteiger charge is -2.45. The number of thiocarbonyl (C=S) groups is 1. The molecule has 0 amide bonds. The third-order valence-corrected chi connectivity index (χ3v) is 6.67. The minimum atomic E-state index is -0.513. The van der Waals surface area contributed by atoms with Crippen LogP contribution in [0.4, 0.5) is 15.9 Å². The van der Waals surface area contributed by atoms with Gasteiger partial charge in [0.2, 0.25) is 5.95 Å². The molecule has 0 saturated carbocycles. The number of nitrogens with one attached hydrogen (secondary N) is 1. The monoisotopic (exact) mass is 487 g/mol. The van der Waals surface area contributed by atoms with Crippen LogP contribution in [0.15, 0.2) is 67.0 Å². The highest BCUT2D eigenvalue weighted by Crippen LogP contribution is 2.26. The summed E-state index contributed by atoms with van der Waals surface area (Å²) in [5.74, 6) is 0.679. The van der Waals surface area contributed by atoms with Crippen molar-refractivity contribution >= 4 is 39.7 Å². The molecule has 0 radical (unpaired) electrons. The minimum Gasteiger partial charge on any atom is -0.351 e. The normalized spacial score (nSPS) is 16.1. The van der Waals surface area contributed by atoms with Gasteiger partial charge in [-0.25, -0.2) is 4.98 Å². The lowest BCUT2D eigenvalue weighted by atomic mass is 10.00. The summed E-state index contributed by atoms with van der Waals surface area (Å²) in [7, 11) is 0. The lowest BCUT2D eigenvalue weighted by molar-refractivity contribution is 0.227. The van der Waals surface area contributed by atoms with Crippen LogP contribution in [0.1, 0.15) is 13.8 Å². The molecule has 5 rings (SSSR count). The van der Waals surface area contributed by atoms with Crippen LogP contribution in [0.5, 0.6) is 0 Å². The van der Waals surface area contributed by atoms with E-state index in [1.807, 2.05) is 36.4 Å². The largest absolute Gasteiger partial charge is 0.351 e. The molecule has 1 unspecified atom stereocenters. The number of benzene rings is 1. The van der Waals surface area contributed by atoms with Crippen molar-refractivity contribution < 1.29 is 4.39 Å². The zero-order chi connectivity index (χ0) is 24.4. The first-order valence-electron chi connectivity index (χ1n) is 11.6. The van der Waals surface area contributed by atoms with Gasteiger partial charge in [-0.05, 0) is 66.7 Å². The van der Waals surface area contributed by atoms with E-state index in [2.05, 4.69) is 55.2 Å². The van der Waals surface area contributed by atoms with Gasteiger partial charge in [-0.3, -0.25) is 4.98 Å². The van der Waals surface area contributed by atoms with E-state index in [9.17, 15) is 4.39 Å². The Morgan fingerprint density at radius 2 is 1.91 bits per heavy atom. The van der Waals surface area contributed by atoms with Gasteiger partial charge in [0, 0.05) is 48.7 Å². The molecule has 0 spiro atoms. The van der Waals surface area contributed by atoms with Crippen molar-refractivity contribution in [2.75, 3.05) is 29.9 Å². The fourth-order valence-electron chi connectivity index (χ4n) is 4.42. The molecule has 1 aromatic carbocycles. The predicted octanol–water partition coefficient (Wildman–Crippen LogP) is 4.77. The van der Waals surface area contributed by atoms with Crippen LogP contribution in [0.3, 0.4) is 0 Å². The van der Waals surface area contributed by atoms with Gasteiger partial charge in [0.1, 0.15) is 0 Å². The molecule has 4 heterocycles. The van der Waals surface area contributed by atoms with Crippen LogP contribution >= 0.6 is 12.2 Å². The summed E-state index contributed by atoms with van der Waals surface area (Å²) in [4.78, 5) is 12.7. The molecule has 0 aliphatic carbocycles. The second-order valence-corrected chi connectivity index (χ2v) is 9.29. The van der Waals surface area contributed by atoms with E-state index in [-0.39, 0.29) is 6.04 Å². The number of aromatic nitrogens is 4. The average Bonchev–Trinajstić information content (AvgIpc) is 2.89. The highest BCUT2D eigenvalue weighted by molar-refractivity contribution is 7.80. The Labute approximate surface area is 209 Å². The first kappa shape index (κ1) is 23.0. The van der Waals surface area contributed by atoms with E-state index >= 15 is 0 Å². The molecule has 1 aliphatic heterocycles. The minimum absolute atomic E-state index is 0.208. The molecule has 178 valence electrons. The number of rotatable bonds is 4. The number of pyridine rings is 2. The molecular formula is C26H26FN7S. The Morgan fingerprint density at radius 1 is 1.03 bits per heavy atom. The van der Waals surface area contributed by atoms with Crippen molar-refractivity contribution in [2.45, 2.75) is 19.9 Å². The van der Waals surface area contributed by atoms with Gasteiger partial charge in [-0.15, -0.1) is 10.2 Å². The summed E-state index contributed by atoms with van der Waals surface area (Å²) >= 11 is 5.87. The molecule has 9 heteroatoms. The van der Waals surface area contributed by atoms with Crippen molar-refractivity contribution in [3.8, 4) is 11.3 Å². The van der Waals surface area contributed by atoms with Crippen LogP contribution in [-0.4, -0.2) is 55.9 Å². The van der Waals surface area contributed by atoms with Crippen molar-refractivity contribution in [3.05, 3.63) is 72.9 Å². The molecule has 1 fully saturated rings. The summed E-state index contributed by atoms with van der Waals surface area (Å²) in [6.07, 6.45) is 3.26. The number of piperazine rings is 1. The summed E-state index contributed by atoms with van der Waals surface area (Å²) < 4.78 is 13.1. The van der Waals surface area contributed by atoms with Gasteiger partial charge >= 0.3 is 0 Å². The van der Waals surface area contributed by atoms with Crippen molar-refractivity contribution in [3.63, 3.8) is 0 Å². The number of hydrogen-bond donors (Lipinski definition) is 1. The number of anilines is 2. The van der Waals surface area contributed by atoms with Crippen LogP contribution in [-0.2, 0) is 0 Å². The molecule has 1 aliphatic rings. The van der Waals surface area contributed by atoms with E-state index in [1.54, 1.807) is 12.3 Å². The maximum Gasteiger partial charge on any atom is 0.212 e. The average molecular weight is 488 g/mol. The van der Waals surface area contributed by atoms with Gasteiger partial charge in [0.25, 0.3) is 0 Å². The first-order chi connectivity index (χ1) is 17.0. The van der Waals surface area contributed by atoms with Gasteiger partial charge < -0.3 is 15.1 Å². The van der Waals surface area contributed by atoms with Crippen molar-refractivity contribution in [1.29, 1.82) is 0 Å². The number of halogens is 1. The van der Waals surface area contributed by atoms with Gasteiger partial charge in [0.05, 0.1) is 17.3 Å². The molecule has 3 aromatic heterocycles. The Bertz CT molecular complexity index is 1320. The highest BCUT2D eigenvalue weighted by Gasteiger charge is 2.31. The quantitative estimate of drug-likeness (QED) is 0.326. The Kier molecular flexibility index (Phi) is 6.50. The third-order valence-electron chi connectivity index (χ3n) is 6.33. The predicted molar refractivity (Wildman–Crippen MR) is 141 cm³/mol. The summed E-state index contributed by atoms with van der Waals surface area (Å²) in [6.45, 7) is 6.74. The molecule has 1 saturated heterocycles. The van der Waals surface area contributed by atoms with E-state index < -0.39 is 5.95 Å². The molecule has 4 aromatic rings. The van der Waals surface area contributed by atoms with Gasteiger partial charge in [-0.1, -0.05) is 19.9 Å². The smallest absolute Gasteiger partial charge is 0.212 e. The maximum atomic E-state index is 13.1. The van der Waals surface area contributed by atoms with Crippen LogP contribution in [0.2, 0.25) is 0 Å². The topological polar surface area (TPSA) is 70.1 Å². The number of nitrogens with zero attached hydrogens (tertiary/aromatic N) is 6. The fourth-order valence-corrected chi connectivity index (χ4v) is 4.75. The Balaban J connectivity index is 1.30. The summed E-state index contributed by atoms with van der Waals surface area (Å²) in [5, 5.41) is 14.0. The molecular weight excluding hydrogens is 461 g/mol. The molecule has 1 N–H and O–H groups in total. The number of fused-ring (bicyclic) bond motifs is 1. The Morgan fingerprint density at radius 3 is 2.66 bits per heavy atom. The second-order valence-electron chi connectivity index (χ2n) is 8.90. The van der Waals surface area contributed by atoms with Gasteiger partial charge in [0.15, 0.2) is 10.9 Å².